The monoisotopic (exact) mass is 346 g/mol. The zero-order chi connectivity index (χ0) is 18.0. The van der Waals surface area contributed by atoms with Gasteiger partial charge in [0.15, 0.2) is 0 Å². The molecule has 24 heavy (non-hydrogen) atoms. The zero-order valence-corrected chi connectivity index (χ0v) is 15.6. The lowest BCUT2D eigenvalue weighted by Crippen LogP contribution is -2.20. The highest BCUT2D eigenvalue weighted by Gasteiger charge is 2.12. The first-order valence-electron chi connectivity index (χ1n) is 8.04. The summed E-state index contributed by atoms with van der Waals surface area (Å²) in [6.07, 6.45) is 1.49. The van der Waals surface area contributed by atoms with Gasteiger partial charge in [0.2, 0.25) is 0 Å². The lowest BCUT2D eigenvalue weighted by molar-refractivity contribution is 0.584. The molecule has 4 nitrogen and oxygen atoms in total. The second-order valence-electron chi connectivity index (χ2n) is 5.45. The Kier molecular flexibility index (Phi) is 8.19. The molecule has 2 aromatic carbocycles. The van der Waals surface area contributed by atoms with Gasteiger partial charge in [-0.3, -0.25) is 0 Å². The maximum absolute atomic E-state index is 11.9. The molecule has 0 saturated carbocycles. The molecule has 0 amide bonds. The maximum Gasteiger partial charge on any atom is 0.276 e. The number of rotatable bonds is 5. The highest BCUT2D eigenvalue weighted by molar-refractivity contribution is 7.89. The molecule has 0 spiro atoms. The number of hydrogen-bond donors (Lipinski definition) is 1. The first kappa shape index (κ1) is 19.9. The molecule has 0 saturated heterocycles. The Morgan fingerprint density at radius 2 is 1.38 bits per heavy atom. The van der Waals surface area contributed by atoms with Gasteiger partial charge in [-0.2, -0.15) is 13.5 Å². The Morgan fingerprint density at radius 1 is 0.875 bits per heavy atom. The van der Waals surface area contributed by atoms with E-state index in [1.807, 2.05) is 39.0 Å². The Balaban J connectivity index is 0.000000341. The van der Waals surface area contributed by atoms with Crippen LogP contribution in [0.5, 0.6) is 0 Å². The second kappa shape index (κ2) is 9.88. The maximum atomic E-state index is 11.9. The van der Waals surface area contributed by atoms with Crippen molar-refractivity contribution in [1.29, 1.82) is 0 Å². The van der Waals surface area contributed by atoms with Crippen LogP contribution in [0.3, 0.4) is 0 Å². The molecule has 0 radical (unpaired) electrons. The van der Waals surface area contributed by atoms with Crippen LogP contribution in [0.2, 0.25) is 0 Å². The molecule has 0 bridgehead atoms. The van der Waals surface area contributed by atoms with Gasteiger partial charge in [0.1, 0.15) is 0 Å². The molecule has 0 aliphatic heterocycles. The van der Waals surface area contributed by atoms with Gasteiger partial charge < -0.3 is 0 Å². The van der Waals surface area contributed by atoms with Gasteiger partial charge in [0, 0.05) is 5.71 Å². The summed E-state index contributed by atoms with van der Waals surface area (Å²) < 4.78 is 23.7. The van der Waals surface area contributed by atoms with Gasteiger partial charge in [0.25, 0.3) is 10.0 Å². The summed E-state index contributed by atoms with van der Waals surface area (Å²) in [6.45, 7) is 7.89. The Labute approximate surface area is 145 Å². The molecule has 0 aromatic heterocycles. The molecule has 5 heteroatoms. The van der Waals surface area contributed by atoms with E-state index in [2.05, 4.69) is 29.0 Å². The van der Waals surface area contributed by atoms with Crippen molar-refractivity contribution in [3.05, 3.63) is 65.7 Å². The van der Waals surface area contributed by atoms with Gasteiger partial charge in [-0.05, 0) is 38.8 Å². The molecule has 1 N–H and O–H groups in total. The number of sulfonamides is 1. The molecule has 2 rings (SSSR count). The quantitative estimate of drug-likeness (QED) is 0.642. The van der Waals surface area contributed by atoms with E-state index in [-0.39, 0.29) is 4.90 Å². The fourth-order valence-corrected chi connectivity index (χ4v) is 2.69. The number of hydrazone groups is 1. The molecule has 0 aliphatic carbocycles. The van der Waals surface area contributed by atoms with Gasteiger partial charge in [0.05, 0.1) is 4.90 Å². The van der Waals surface area contributed by atoms with E-state index in [9.17, 15) is 8.42 Å². The minimum Gasteiger partial charge on any atom is -0.200 e. The van der Waals surface area contributed by atoms with E-state index in [4.69, 9.17) is 0 Å². The first-order valence-corrected chi connectivity index (χ1v) is 9.53. The van der Waals surface area contributed by atoms with Crippen LogP contribution >= 0.6 is 0 Å². The van der Waals surface area contributed by atoms with Crippen LogP contribution in [-0.2, 0) is 10.0 Å². The first-order chi connectivity index (χ1) is 11.4. The molecular formula is C19H26N2O2S. The highest BCUT2D eigenvalue weighted by atomic mass is 32.2. The lowest BCUT2D eigenvalue weighted by atomic mass is 10.2. The third kappa shape index (κ3) is 6.96. The van der Waals surface area contributed by atoms with Gasteiger partial charge in [-0.15, -0.1) is 0 Å². The average Bonchev–Trinajstić information content (AvgIpc) is 2.57. The summed E-state index contributed by atoms with van der Waals surface area (Å²) in [5.41, 5.74) is 3.18. The van der Waals surface area contributed by atoms with E-state index >= 15 is 0 Å². The molecule has 0 unspecified atom stereocenters. The topological polar surface area (TPSA) is 58.5 Å². The van der Waals surface area contributed by atoms with Crippen LogP contribution in [0.15, 0.2) is 64.6 Å². The van der Waals surface area contributed by atoms with E-state index in [0.717, 1.165) is 24.1 Å². The predicted molar refractivity (Wildman–Crippen MR) is 101 cm³/mol. The summed E-state index contributed by atoms with van der Waals surface area (Å²) in [6, 6.07) is 16.9. The van der Waals surface area contributed by atoms with Gasteiger partial charge in [-0.1, -0.05) is 67.4 Å². The van der Waals surface area contributed by atoms with Crippen LogP contribution in [-0.4, -0.2) is 14.1 Å². The minimum atomic E-state index is -3.53. The molecule has 0 fully saturated rings. The van der Waals surface area contributed by atoms with Gasteiger partial charge in [-0.25, -0.2) is 4.83 Å². The van der Waals surface area contributed by atoms with E-state index in [1.165, 1.54) is 5.56 Å². The fraction of sp³-hybridized carbons (Fsp3) is 0.316. The van der Waals surface area contributed by atoms with E-state index in [0.29, 0.717) is 0 Å². The lowest BCUT2D eigenvalue weighted by Gasteiger charge is -2.05. The number of nitrogens with one attached hydrogen (secondary N) is 1. The number of hydrogen-bond acceptors (Lipinski definition) is 3. The third-order valence-electron chi connectivity index (χ3n) is 3.41. The fourth-order valence-electron chi connectivity index (χ4n) is 1.84. The molecule has 2 aromatic rings. The van der Waals surface area contributed by atoms with Crippen molar-refractivity contribution < 1.29 is 8.42 Å². The zero-order valence-electron chi connectivity index (χ0n) is 14.8. The molecule has 130 valence electrons. The Hall–Kier alpha value is -2.14. The number of aryl methyl sites for hydroxylation is 2. The number of benzene rings is 2. The van der Waals surface area contributed by atoms with Gasteiger partial charge >= 0.3 is 0 Å². The summed E-state index contributed by atoms with van der Waals surface area (Å²) in [4.78, 5) is 2.49. The van der Waals surface area contributed by atoms with Crippen molar-refractivity contribution in [2.45, 2.75) is 45.4 Å². The second-order valence-corrected chi connectivity index (χ2v) is 7.11. The molecule has 0 heterocycles. The summed E-state index contributed by atoms with van der Waals surface area (Å²) in [7, 11) is -3.53. The van der Waals surface area contributed by atoms with Crippen LogP contribution < -0.4 is 4.83 Å². The minimum absolute atomic E-state index is 0.235. The van der Waals surface area contributed by atoms with Crippen LogP contribution in [0.1, 0.15) is 37.8 Å². The van der Waals surface area contributed by atoms with Crippen LogP contribution in [0.25, 0.3) is 0 Å². The summed E-state index contributed by atoms with van der Waals surface area (Å²) in [5, 5.41) is 3.91. The van der Waals surface area contributed by atoms with Crippen LogP contribution in [0.4, 0.5) is 0 Å². The normalized spacial score (nSPS) is 10.3. The van der Waals surface area contributed by atoms with Crippen molar-refractivity contribution in [3.8, 4) is 0 Å². The van der Waals surface area contributed by atoms with Crippen molar-refractivity contribution in [1.82, 2.24) is 4.83 Å². The largest absolute Gasteiger partial charge is 0.276 e. The average molecular weight is 346 g/mol. The van der Waals surface area contributed by atoms with Crippen molar-refractivity contribution in [2.24, 2.45) is 5.10 Å². The van der Waals surface area contributed by atoms with Crippen molar-refractivity contribution >= 4 is 15.7 Å². The molecule has 0 aliphatic rings. The van der Waals surface area contributed by atoms with Crippen molar-refractivity contribution in [2.75, 3.05) is 0 Å². The SMILES string of the molecule is CCC(CC)=NNS(=O)(=O)c1ccc(C)cc1.Cc1ccccc1. The Morgan fingerprint density at radius 3 is 1.79 bits per heavy atom. The number of nitrogens with zero attached hydrogens (tertiary/aromatic N) is 1. The van der Waals surface area contributed by atoms with E-state index < -0.39 is 10.0 Å². The molecular weight excluding hydrogens is 320 g/mol. The summed E-state index contributed by atoms with van der Waals surface area (Å²) in [5.74, 6) is 0. The third-order valence-corrected chi connectivity index (χ3v) is 4.64. The standard InChI is InChI=1S/C12H18N2O2S.C7H8/c1-4-11(5-2)13-14-17(15,16)12-8-6-10(3)7-9-12;1-7-5-3-2-4-6-7/h6-9,14H,4-5H2,1-3H3;2-6H,1H3. The van der Waals surface area contributed by atoms with E-state index in [1.54, 1.807) is 24.3 Å². The summed E-state index contributed by atoms with van der Waals surface area (Å²) >= 11 is 0. The van der Waals surface area contributed by atoms with Crippen molar-refractivity contribution in [3.63, 3.8) is 0 Å². The smallest absolute Gasteiger partial charge is 0.200 e. The Bertz CT molecular complexity index is 731. The predicted octanol–water partition coefficient (Wildman–Crippen LogP) is 4.44. The highest BCUT2D eigenvalue weighted by Crippen LogP contribution is 2.09. The molecule has 0 atom stereocenters. The van der Waals surface area contributed by atoms with Crippen LogP contribution in [0, 0.1) is 13.8 Å².